The number of aromatic nitrogens is 2. The predicted octanol–water partition coefficient (Wildman–Crippen LogP) is 4.03. The summed E-state index contributed by atoms with van der Waals surface area (Å²) in [6, 6.07) is 12.4. The van der Waals surface area contributed by atoms with Crippen LogP contribution in [0.3, 0.4) is 0 Å². The lowest BCUT2D eigenvalue weighted by atomic mass is 9.98. The molecule has 1 aliphatic rings. The number of imidazole rings is 1. The molecule has 1 fully saturated rings. The van der Waals surface area contributed by atoms with E-state index in [0.717, 1.165) is 34.5 Å². The number of rotatable bonds is 5. The molecule has 1 amide bonds. The molecule has 3 N–H and O–H groups in total. The number of carbonyl (C=O) groups is 1. The van der Waals surface area contributed by atoms with Crippen molar-refractivity contribution in [1.29, 1.82) is 0 Å². The van der Waals surface area contributed by atoms with Gasteiger partial charge in [0.05, 0.1) is 11.0 Å². The van der Waals surface area contributed by atoms with Crippen LogP contribution in [0.15, 0.2) is 36.4 Å². The van der Waals surface area contributed by atoms with E-state index in [1.807, 2.05) is 41.9 Å². The Morgan fingerprint density at radius 1 is 1.28 bits per heavy atom. The van der Waals surface area contributed by atoms with Gasteiger partial charge in [-0.05, 0) is 50.1 Å². The molecule has 2 unspecified atom stereocenters. The first-order valence-corrected chi connectivity index (χ1v) is 10.3. The Hall–Kier alpha value is -2.41. The number of aryl methyl sites for hydroxylation is 3. The molecule has 0 radical (unpaired) electrons. The summed E-state index contributed by atoms with van der Waals surface area (Å²) in [4.78, 5) is 17.3. The van der Waals surface area contributed by atoms with Crippen molar-refractivity contribution in [3.63, 3.8) is 0 Å². The molecule has 7 heteroatoms. The van der Waals surface area contributed by atoms with Crippen LogP contribution in [0.5, 0.6) is 0 Å². The van der Waals surface area contributed by atoms with Gasteiger partial charge in [-0.3, -0.25) is 10.2 Å². The molecule has 29 heavy (non-hydrogen) atoms. The molecule has 1 aliphatic heterocycles. The van der Waals surface area contributed by atoms with Crippen LogP contribution >= 0.6 is 11.6 Å². The van der Waals surface area contributed by atoms with Gasteiger partial charge in [0.1, 0.15) is 5.82 Å². The number of amides is 1. The molecule has 0 bridgehead atoms. The highest BCUT2D eigenvalue weighted by atomic mass is 35.5. The molecule has 2 aromatic carbocycles. The van der Waals surface area contributed by atoms with Crippen molar-refractivity contribution in [3.05, 3.63) is 58.4 Å². The molecule has 1 saturated heterocycles. The quantitative estimate of drug-likeness (QED) is 0.592. The third kappa shape index (κ3) is 4.29. The fourth-order valence-corrected chi connectivity index (χ4v) is 4.05. The van der Waals surface area contributed by atoms with E-state index in [0.29, 0.717) is 23.9 Å². The normalized spacial score (nSPS) is 19.0. The summed E-state index contributed by atoms with van der Waals surface area (Å²) in [6.45, 7) is 4.21. The van der Waals surface area contributed by atoms with Crippen LogP contribution in [0.25, 0.3) is 11.0 Å². The molecule has 6 nitrogen and oxygen atoms in total. The number of hydrogen-bond donors (Lipinski definition) is 3. The molecule has 2 atom stereocenters. The number of hydrogen-bond acceptors (Lipinski definition) is 4. The standard InChI is InChI=1S/C22H26ClN5O/c1-13-4-6-17(16(10-13)18-11-14(2)26-27-18)25-22(29)9-8-21-24-19-12-15(23)5-7-20(19)28(21)3/h4-7,10,12,14,18,26-27H,8-9,11H2,1-3H3,(H,25,29). The summed E-state index contributed by atoms with van der Waals surface area (Å²) in [6.07, 6.45) is 1.91. The van der Waals surface area contributed by atoms with E-state index in [9.17, 15) is 4.79 Å². The second-order valence-electron chi connectivity index (χ2n) is 7.84. The Morgan fingerprint density at radius 2 is 2.10 bits per heavy atom. The molecule has 152 valence electrons. The molecule has 0 spiro atoms. The number of halogens is 1. The van der Waals surface area contributed by atoms with E-state index in [1.165, 1.54) is 5.56 Å². The average molecular weight is 412 g/mol. The molecule has 1 aromatic heterocycles. The van der Waals surface area contributed by atoms with Gasteiger partial charge in [-0.15, -0.1) is 0 Å². The summed E-state index contributed by atoms with van der Waals surface area (Å²) in [5.41, 5.74) is 11.6. The van der Waals surface area contributed by atoms with Gasteiger partial charge in [-0.25, -0.2) is 10.4 Å². The molecular formula is C22H26ClN5O. The van der Waals surface area contributed by atoms with E-state index in [4.69, 9.17) is 11.6 Å². The molecular weight excluding hydrogens is 386 g/mol. The first kappa shape index (κ1) is 19.9. The first-order chi connectivity index (χ1) is 13.9. The van der Waals surface area contributed by atoms with Gasteiger partial charge in [-0.2, -0.15) is 0 Å². The summed E-state index contributed by atoms with van der Waals surface area (Å²) < 4.78 is 2.02. The minimum absolute atomic E-state index is 0.0146. The summed E-state index contributed by atoms with van der Waals surface area (Å²) in [5.74, 6) is 0.858. The topological polar surface area (TPSA) is 71.0 Å². The van der Waals surface area contributed by atoms with Crippen molar-refractivity contribution in [3.8, 4) is 0 Å². The fraction of sp³-hybridized carbons (Fsp3) is 0.364. The zero-order valence-corrected chi connectivity index (χ0v) is 17.7. The van der Waals surface area contributed by atoms with Crippen LogP contribution in [0.4, 0.5) is 5.69 Å². The zero-order chi connectivity index (χ0) is 20.5. The number of nitrogens with one attached hydrogen (secondary N) is 3. The molecule has 4 rings (SSSR count). The van der Waals surface area contributed by atoms with E-state index in [1.54, 1.807) is 0 Å². The first-order valence-electron chi connectivity index (χ1n) is 9.93. The van der Waals surface area contributed by atoms with E-state index < -0.39 is 0 Å². The Kier molecular flexibility index (Phi) is 5.58. The Bertz CT molecular complexity index is 1060. The molecule has 3 aromatic rings. The Balaban J connectivity index is 1.46. The van der Waals surface area contributed by atoms with Gasteiger partial charge in [0.25, 0.3) is 0 Å². The lowest BCUT2D eigenvalue weighted by Gasteiger charge is -2.17. The van der Waals surface area contributed by atoms with Crippen molar-refractivity contribution in [2.24, 2.45) is 7.05 Å². The molecule has 0 aliphatic carbocycles. The summed E-state index contributed by atoms with van der Waals surface area (Å²) >= 11 is 6.06. The van der Waals surface area contributed by atoms with Crippen LogP contribution in [0, 0.1) is 6.92 Å². The minimum atomic E-state index is -0.0146. The third-order valence-corrected chi connectivity index (χ3v) is 5.70. The average Bonchev–Trinajstić information content (AvgIpc) is 3.24. The van der Waals surface area contributed by atoms with Crippen LogP contribution in [0.1, 0.15) is 42.8 Å². The van der Waals surface area contributed by atoms with Gasteiger partial charge in [-0.1, -0.05) is 29.3 Å². The van der Waals surface area contributed by atoms with Crippen LogP contribution < -0.4 is 16.2 Å². The lowest BCUT2D eigenvalue weighted by molar-refractivity contribution is -0.116. The van der Waals surface area contributed by atoms with Crippen molar-refractivity contribution in [2.75, 3.05) is 5.32 Å². The highest BCUT2D eigenvalue weighted by molar-refractivity contribution is 6.31. The Morgan fingerprint density at radius 3 is 2.86 bits per heavy atom. The monoisotopic (exact) mass is 411 g/mol. The highest BCUT2D eigenvalue weighted by Gasteiger charge is 2.24. The van der Waals surface area contributed by atoms with E-state index in [2.05, 4.69) is 41.1 Å². The fourth-order valence-electron chi connectivity index (χ4n) is 3.89. The van der Waals surface area contributed by atoms with Gasteiger partial charge in [0, 0.05) is 42.7 Å². The number of benzene rings is 2. The Labute approximate surface area is 175 Å². The van der Waals surface area contributed by atoms with Gasteiger partial charge in [0.15, 0.2) is 0 Å². The minimum Gasteiger partial charge on any atom is -0.331 e. The second kappa shape index (κ2) is 8.14. The largest absolute Gasteiger partial charge is 0.331 e. The van der Waals surface area contributed by atoms with Gasteiger partial charge >= 0.3 is 0 Å². The van der Waals surface area contributed by atoms with Crippen molar-refractivity contribution >= 4 is 34.2 Å². The van der Waals surface area contributed by atoms with E-state index >= 15 is 0 Å². The van der Waals surface area contributed by atoms with Crippen molar-refractivity contribution in [2.45, 2.75) is 45.2 Å². The highest BCUT2D eigenvalue weighted by Crippen LogP contribution is 2.30. The maximum Gasteiger partial charge on any atom is 0.224 e. The number of hydrazine groups is 1. The van der Waals surface area contributed by atoms with Crippen molar-refractivity contribution < 1.29 is 4.79 Å². The molecule has 0 saturated carbocycles. The summed E-state index contributed by atoms with van der Waals surface area (Å²) in [7, 11) is 1.97. The van der Waals surface area contributed by atoms with E-state index in [-0.39, 0.29) is 11.9 Å². The lowest BCUT2D eigenvalue weighted by Crippen LogP contribution is -2.29. The van der Waals surface area contributed by atoms with Crippen LogP contribution in [-0.2, 0) is 18.3 Å². The zero-order valence-electron chi connectivity index (χ0n) is 16.9. The number of nitrogens with zero attached hydrogens (tertiary/aromatic N) is 2. The van der Waals surface area contributed by atoms with Crippen molar-refractivity contribution in [1.82, 2.24) is 20.4 Å². The van der Waals surface area contributed by atoms with Crippen LogP contribution in [0.2, 0.25) is 5.02 Å². The smallest absolute Gasteiger partial charge is 0.224 e. The second-order valence-corrected chi connectivity index (χ2v) is 8.27. The maximum atomic E-state index is 12.7. The number of fused-ring (bicyclic) bond motifs is 1. The maximum absolute atomic E-state index is 12.7. The SMILES string of the molecule is Cc1ccc(NC(=O)CCc2nc3cc(Cl)ccc3n2C)c(C2CC(C)NN2)c1. The predicted molar refractivity (Wildman–Crippen MR) is 117 cm³/mol. The number of carbonyl (C=O) groups excluding carboxylic acids is 1. The van der Waals surface area contributed by atoms with Gasteiger partial charge in [0.2, 0.25) is 5.91 Å². The third-order valence-electron chi connectivity index (χ3n) is 5.46. The summed E-state index contributed by atoms with van der Waals surface area (Å²) in [5, 5.41) is 3.76. The number of anilines is 1. The van der Waals surface area contributed by atoms with Crippen LogP contribution in [-0.4, -0.2) is 21.5 Å². The van der Waals surface area contributed by atoms with Gasteiger partial charge < -0.3 is 9.88 Å². The molecule has 2 heterocycles.